The Bertz CT molecular complexity index is 886. The van der Waals surface area contributed by atoms with Gasteiger partial charge in [0.2, 0.25) is 0 Å². The molecule has 0 aliphatic carbocycles. The second-order valence-electron chi connectivity index (χ2n) is 6.89. The number of aromatic nitrogens is 1. The molecule has 0 amide bonds. The molecule has 0 spiro atoms. The maximum atomic E-state index is 12.4. The van der Waals surface area contributed by atoms with Gasteiger partial charge in [0.05, 0.1) is 22.7 Å². The van der Waals surface area contributed by atoms with Crippen LogP contribution in [0.15, 0.2) is 29.1 Å². The van der Waals surface area contributed by atoms with E-state index in [9.17, 15) is 10.1 Å². The Labute approximate surface area is 134 Å². The molecule has 2 N–H and O–H groups in total. The molecule has 118 valence electrons. The lowest BCUT2D eigenvalue weighted by Gasteiger charge is -2.42. The van der Waals surface area contributed by atoms with Crippen LogP contribution >= 0.6 is 0 Å². The van der Waals surface area contributed by atoms with Gasteiger partial charge in [-0.2, -0.15) is 5.26 Å². The molecule has 0 saturated carbocycles. The van der Waals surface area contributed by atoms with Gasteiger partial charge in [0.1, 0.15) is 0 Å². The molecule has 0 radical (unpaired) electrons. The largest absolute Gasteiger partial charge is 0.328 e. The van der Waals surface area contributed by atoms with E-state index in [0.717, 1.165) is 42.4 Å². The fourth-order valence-corrected chi connectivity index (χ4v) is 4.23. The van der Waals surface area contributed by atoms with Gasteiger partial charge in [-0.3, -0.25) is 9.69 Å². The number of nitrogens with zero attached hydrogens (tertiary/aromatic N) is 3. The van der Waals surface area contributed by atoms with Crippen molar-refractivity contribution in [3.05, 3.63) is 45.7 Å². The van der Waals surface area contributed by atoms with Gasteiger partial charge in [0.15, 0.2) is 0 Å². The molecule has 1 aromatic heterocycles. The highest BCUT2D eigenvalue weighted by molar-refractivity contribution is 5.87. The summed E-state index contributed by atoms with van der Waals surface area (Å²) in [5.41, 5.74) is 8.33. The lowest BCUT2D eigenvalue weighted by Crippen LogP contribution is -2.51. The third-order valence-electron chi connectivity index (χ3n) is 5.51. The second-order valence-corrected chi connectivity index (χ2v) is 6.89. The number of piperidine rings is 1. The summed E-state index contributed by atoms with van der Waals surface area (Å²) in [6, 6.07) is 9.88. The van der Waals surface area contributed by atoms with Crippen molar-refractivity contribution in [1.29, 1.82) is 5.26 Å². The van der Waals surface area contributed by atoms with Gasteiger partial charge in [-0.25, -0.2) is 0 Å². The van der Waals surface area contributed by atoms with Crippen LogP contribution in [0.1, 0.15) is 30.9 Å². The quantitative estimate of drug-likeness (QED) is 0.867. The van der Waals surface area contributed by atoms with Crippen LogP contribution in [0.2, 0.25) is 0 Å². The number of hydrogen-bond donors (Lipinski definition) is 1. The van der Waals surface area contributed by atoms with Gasteiger partial charge >= 0.3 is 0 Å². The normalized spacial score (nSPS) is 24.9. The topological polar surface area (TPSA) is 75.0 Å². The van der Waals surface area contributed by atoms with Crippen molar-refractivity contribution < 1.29 is 0 Å². The van der Waals surface area contributed by atoms with Crippen molar-refractivity contribution in [1.82, 2.24) is 9.47 Å². The maximum absolute atomic E-state index is 12.4. The highest BCUT2D eigenvalue weighted by atomic mass is 16.1. The average Bonchev–Trinajstić information content (AvgIpc) is 2.88. The van der Waals surface area contributed by atoms with Gasteiger partial charge in [-0.05, 0) is 37.3 Å². The van der Waals surface area contributed by atoms with Crippen LogP contribution in [0.5, 0.6) is 0 Å². The molecule has 0 bridgehead atoms. The van der Waals surface area contributed by atoms with E-state index in [1.807, 2.05) is 22.8 Å². The van der Waals surface area contributed by atoms with E-state index in [2.05, 4.69) is 17.9 Å². The Morgan fingerprint density at radius 2 is 1.96 bits per heavy atom. The van der Waals surface area contributed by atoms with Crippen molar-refractivity contribution in [2.24, 2.45) is 5.73 Å². The molecule has 1 aromatic carbocycles. The zero-order valence-corrected chi connectivity index (χ0v) is 13.2. The van der Waals surface area contributed by atoms with Crippen molar-refractivity contribution in [3.63, 3.8) is 0 Å². The number of nitrogens with two attached hydrogens (primary N) is 1. The van der Waals surface area contributed by atoms with Gasteiger partial charge in [0, 0.05) is 37.3 Å². The predicted octanol–water partition coefficient (Wildman–Crippen LogP) is 1.53. The molecule has 1 fully saturated rings. The fourth-order valence-electron chi connectivity index (χ4n) is 4.23. The molecule has 1 saturated heterocycles. The van der Waals surface area contributed by atoms with E-state index >= 15 is 0 Å². The van der Waals surface area contributed by atoms with Crippen molar-refractivity contribution in [3.8, 4) is 6.07 Å². The number of rotatable bonds is 1. The van der Waals surface area contributed by atoms with Crippen molar-refractivity contribution >= 4 is 10.9 Å². The fraction of sp³-hybridized carbons (Fsp3) is 0.444. The number of pyridine rings is 1. The lowest BCUT2D eigenvalue weighted by molar-refractivity contribution is 0.0661. The number of hydrogen-bond acceptors (Lipinski definition) is 4. The molecule has 3 heterocycles. The molecule has 2 aliphatic heterocycles. The van der Waals surface area contributed by atoms with Crippen LogP contribution in [0.25, 0.3) is 10.9 Å². The van der Waals surface area contributed by atoms with E-state index in [4.69, 9.17) is 5.73 Å². The van der Waals surface area contributed by atoms with E-state index < -0.39 is 0 Å². The Hall–Kier alpha value is -2.16. The zero-order valence-electron chi connectivity index (χ0n) is 13.2. The molecule has 2 aromatic rings. The van der Waals surface area contributed by atoms with Crippen LogP contribution in [0.4, 0.5) is 0 Å². The summed E-state index contributed by atoms with van der Waals surface area (Å²) in [7, 11) is 0. The molecular formula is C18H20N4O. The molecule has 5 heteroatoms. The molecule has 4 rings (SSSR count). The average molecular weight is 308 g/mol. The van der Waals surface area contributed by atoms with Gasteiger partial charge < -0.3 is 10.3 Å². The van der Waals surface area contributed by atoms with E-state index in [-0.39, 0.29) is 17.1 Å². The lowest BCUT2D eigenvalue weighted by atomic mass is 9.86. The van der Waals surface area contributed by atoms with Crippen LogP contribution in [0.3, 0.4) is 0 Å². The summed E-state index contributed by atoms with van der Waals surface area (Å²) in [4.78, 5) is 14.8. The van der Waals surface area contributed by atoms with E-state index in [1.54, 1.807) is 6.07 Å². The first-order valence-electron chi connectivity index (χ1n) is 8.12. The molecular weight excluding hydrogens is 288 g/mol. The first-order valence-corrected chi connectivity index (χ1v) is 8.12. The van der Waals surface area contributed by atoms with Crippen molar-refractivity contribution in [2.75, 3.05) is 13.1 Å². The minimum absolute atomic E-state index is 0.00581. The Morgan fingerprint density at radius 3 is 2.65 bits per heavy atom. The molecule has 23 heavy (non-hydrogen) atoms. The van der Waals surface area contributed by atoms with Gasteiger partial charge in [0.25, 0.3) is 5.56 Å². The van der Waals surface area contributed by atoms with Crippen LogP contribution in [0, 0.1) is 11.3 Å². The summed E-state index contributed by atoms with van der Waals surface area (Å²) in [5.74, 6) is 0. The molecule has 1 unspecified atom stereocenters. The Kier molecular flexibility index (Phi) is 3.09. The zero-order chi connectivity index (χ0) is 16.2. The summed E-state index contributed by atoms with van der Waals surface area (Å²) >= 11 is 0. The third-order valence-corrected chi connectivity index (χ3v) is 5.51. The standard InChI is InChI=1S/C18H20N4O/c1-18(21-8-6-14(20)7-9-21)11-22-15(23)5-4-12-2-3-13(10-19)16(18)17(12)22/h2-5,14H,6-9,11,20H2,1H3. The van der Waals surface area contributed by atoms with E-state index in [1.165, 1.54) is 0 Å². The number of nitriles is 1. The number of likely N-dealkylation sites (tertiary alicyclic amines) is 1. The first-order chi connectivity index (χ1) is 11.0. The third kappa shape index (κ3) is 1.95. The predicted molar refractivity (Wildman–Crippen MR) is 89.1 cm³/mol. The van der Waals surface area contributed by atoms with Crippen molar-refractivity contribution in [2.45, 2.75) is 37.9 Å². The maximum Gasteiger partial charge on any atom is 0.251 e. The smallest absolute Gasteiger partial charge is 0.251 e. The van der Waals surface area contributed by atoms with Crippen LogP contribution in [-0.4, -0.2) is 28.6 Å². The molecule has 2 aliphatic rings. The minimum atomic E-state index is -0.321. The molecule has 1 atom stereocenters. The second kappa shape index (κ2) is 4.92. The monoisotopic (exact) mass is 308 g/mol. The summed E-state index contributed by atoms with van der Waals surface area (Å²) in [6.45, 7) is 4.57. The first kappa shape index (κ1) is 14.4. The van der Waals surface area contributed by atoms with E-state index in [0.29, 0.717) is 12.1 Å². The summed E-state index contributed by atoms with van der Waals surface area (Å²) < 4.78 is 1.83. The van der Waals surface area contributed by atoms with Crippen LogP contribution in [-0.2, 0) is 12.1 Å². The molecule has 5 nitrogen and oxygen atoms in total. The summed E-state index contributed by atoms with van der Waals surface area (Å²) in [5, 5.41) is 10.6. The van der Waals surface area contributed by atoms with Gasteiger partial charge in [-0.15, -0.1) is 0 Å². The number of benzene rings is 1. The highest BCUT2D eigenvalue weighted by Gasteiger charge is 2.43. The Morgan fingerprint density at radius 1 is 1.26 bits per heavy atom. The van der Waals surface area contributed by atoms with Crippen LogP contribution < -0.4 is 11.3 Å². The summed E-state index contributed by atoms with van der Waals surface area (Å²) in [6.07, 6.45) is 1.91. The SMILES string of the molecule is CC1(N2CCC(N)CC2)Cn2c(=O)ccc3ccc(C#N)c1c32. The minimum Gasteiger partial charge on any atom is -0.328 e. The highest BCUT2D eigenvalue weighted by Crippen LogP contribution is 2.42. The van der Waals surface area contributed by atoms with Gasteiger partial charge in [-0.1, -0.05) is 6.07 Å². The Balaban J connectivity index is 1.95.